The van der Waals surface area contributed by atoms with E-state index in [0.717, 1.165) is 12.3 Å². The fraction of sp³-hybridized carbons (Fsp3) is 0.176. The minimum absolute atomic E-state index is 0.624. The Morgan fingerprint density at radius 1 is 1.10 bits per heavy atom. The molecule has 0 saturated carbocycles. The summed E-state index contributed by atoms with van der Waals surface area (Å²) in [4.78, 5) is 0. The number of hydrogen-bond acceptors (Lipinski definition) is 3. The lowest BCUT2D eigenvalue weighted by Crippen LogP contribution is -2.08. The van der Waals surface area contributed by atoms with E-state index in [4.69, 9.17) is 4.74 Å². The van der Waals surface area contributed by atoms with E-state index in [1.165, 1.54) is 21.9 Å². The van der Waals surface area contributed by atoms with Crippen molar-refractivity contribution in [1.82, 2.24) is 5.32 Å². The number of benzene rings is 2. The Morgan fingerprint density at radius 3 is 2.80 bits per heavy atom. The summed E-state index contributed by atoms with van der Waals surface area (Å²) >= 11 is 1.70. The van der Waals surface area contributed by atoms with Gasteiger partial charge in [-0.3, -0.25) is 0 Å². The molecule has 0 saturated heterocycles. The van der Waals surface area contributed by atoms with Crippen LogP contribution in [0.2, 0.25) is 0 Å². The molecule has 3 rings (SSSR count). The third-order valence-electron chi connectivity index (χ3n) is 3.33. The lowest BCUT2D eigenvalue weighted by atomic mass is 10.0. The van der Waals surface area contributed by atoms with Gasteiger partial charge < -0.3 is 10.1 Å². The first-order valence-electron chi connectivity index (χ1n) is 6.67. The van der Waals surface area contributed by atoms with E-state index in [1.807, 2.05) is 7.05 Å². The van der Waals surface area contributed by atoms with E-state index in [9.17, 15) is 0 Å². The summed E-state index contributed by atoms with van der Waals surface area (Å²) in [6.07, 6.45) is 0. The minimum atomic E-state index is 0.624. The highest BCUT2D eigenvalue weighted by Crippen LogP contribution is 2.28. The normalized spacial score (nSPS) is 10.8. The zero-order chi connectivity index (χ0) is 13.8. The van der Waals surface area contributed by atoms with Gasteiger partial charge in [0.05, 0.1) is 0 Å². The van der Waals surface area contributed by atoms with Gasteiger partial charge in [0.25, 0.3) is 0 Å². The maximum Gasteiger partial charge on any atom is 0.124 e. The minimum Gasteiger partial charge on any atom is -0.489 e. The van der Waals surface area contributed by atoms with Gasteiger partial charge >= 0.3 is 0 Å². The van der Waals surface area contributed by atoms with Crippen LogP contribution < -0.4 is 10.1 Å². The molecule has 3 aromatic rings. The summed E-state index contributed by atoms with van der Waals surface area (Å²) in [5, 5.41) is 9.94. The molecule has 0 amide bonds. The van der Waals surface area contributed by atoms with Crippen LogP contribution in [0.4, 0.5) is 0 Å². The molecule has 0 unspecified atom stereocenters. The molecule has 0 radical (unpaired) electrons. The van der Waals surface area contributed by atoms with Crippen LogP contribution in [0.1, 0.15) is 11.1 Å². The fourth-order valence-corrected chi connectivity index (χ4v) is 3.00. The lowest BCUT2D eigenvalue weighted by molar-refractivity contribution is 0.303. The van der Waals surface area contributed by atoms with Crippen molar-refractivity contribution in [2.24, 2.45) is 0 Å². The molecule has 2 aromatic carbocycles. The van der Waals surface area contributed by atoms with Crippen molar-refractivity contribution in [1.29, 1.82) is 0 Å². The molecule has 0 spiro atoms. The zero-order valence-corrected chi connectivity index (χ0v) is 12.2. The maximum atomic E-state index is 6.01. The second kappa shape index (κ2) is 6.07. The number of rotatable bonds is 5. The summed E-state index contributed by atoms with van der Waals surface area (Å²) in [5.74, 6) is 0.962. The number of thiophene rings is 1. The van der Waals surface area contributed by atoms with E-state index in [2.05, 4.69) is 58.5 Å². The van der Waals surface area contributed by atoms with Crippen molar-refractivity contribution in [3.05, 3.63) is 64.4 Å². The lowest BCUT2D eigenvalue weighted by Gasteiger charge is -2.13. The van der Waals surface area contributed by atoms with Crippen molar-refractivity contribution >= 4 is 22.1 Å². The second-order valence-electron chi connectivity index (χ2n) is 4.71. The smallest absolute Gasteiger partial charge is 0.124 e. The van der Waals surface area contributed by atoms with Gasteiger partial charge in [0.15, 0.2) is 0 Å². The van der Waals surface area contributed by atoms with Gasteiger partial charge in [-0.2, -0.15) is 11.3 Å². The maximum absolute atomic E-state index is 6.01. The van der Waals surface area contributed by atoms with Crippen molar-refractivity contribution in [3.8, 4) is 5.75 Å². The van der Waals surface area contributed by atoms with Crippen molar-refractivity contribution in [2.45, 2.75) is 13.2 Å². The van der Waals surface area contributed by atoms with E-state index >= 15 is 0 Å². The van der Waals surface area contributed by atoms with Crippen molar-refractivity contribution < 1.29 is 4.74 Å². The van der Waals surface area contributed by atoms with Gasteiger partial charge in [-0.05, 0) is 46.3 Å². The van der Waals surface area contributed by atoms with Crippen LogP contribution in [-0.4, -0.2) is 7.05 Å². The Labute approximate surface area is 123 Å². The first-order valence-corrected chi connectivity index (χ1v) is 7.62. The van der Waals surface area contributed by atoms with Crippen molar-refractivity contribution in [2.75, 3.05) is 7.05 Å². The summed E-state index contributed by atoms with van der Waals surface area (Å²) in [6, 6.07) is 14.7. The van der Waals surface area contributed by atoms with Crippen LogP contribution in [-0.2, 0) is 13.2 Å². The second-order valence-corrected chi connectivity index (χ2v) is 5.49. The average molecular weight is 283 g/mol. The average Bonchev–Trinajstić information content (AvgIpc) is 3.00. The highest BCUT2D eigenvalue weighted by atomic mass is 32.1. The molecule has 0 atom stereocenters. The van der Waals surface area contributed by atoms with Crippen LogP contribution in [0.25, 0.3) is 10.8 Å². The molecule has 3 heteroatoms. The Morgan fingerprint density at radius 2 is 2.00 bits per heavy atom. The predicted molar refractivity (Wildman–Crippen MR) is 85.4 cm³/mol. The molecule has 102 valence electrons. The molecular weight excluding hydrogens is 266 g/mol. The van der Waals surface area contributed by atoms with E-state index in [-0.39, 0.29) is 0 Å². The topological polar surface area (TPSA) is 21.3 Å². The quantitative estimate of drug-likeness (QED) is 0.757. The molecule has 0 fully saturated rings. The standard InChI is InChI=1S/C17H17NOS/c1-18-10-16-15-5-3-2-4-14(15)6-7-17(16)19-11-13-8-9-20-12-13/h2-9,12,18H,10-11H2,1H3. The predicted octanol–water partition coefficient (Wildman–Crippen LogP) is 4.20. The SMILES string of the molecule is CNCc1c(OCc2ccsc2)ccc2ccccc12. The van der Waals surface area contributed by atoms with Crippen molar-refractivity contribution in [3.63, 3.8) is 0 Å². The van der Waals surface area contributed by atoms with Gasteiger partial charge in [0.1, 0.15) is 12.4 Å². The van der Waals surface area contributed by atoms with Crippen LogP contribution in [0.5, 0.6) is 5.75 Å². The summed E-state index contributed by atoms with van der Waals surface area (Å²) in [7, 11) is 1.96. The Balaban J connectivity index is 1.94. The molecule has 2 nitrogen and oxygen atoms in total. The number of nitrogens with one attached hydrogen (secondary N) is 1. The molecule has 0 aliphatic carbocycles. The van der Waals surface area contributed by atoms with Gasteiger partial charge in [-0.25, -0.2) is 0 Å². The molecule has 1 heterocycles. The van der Waals surface area contributed by atoms with Gasteiger partial charge in [0.2, 0.25) is 0 Å². The van der Waals surface area contributed by atoms with E-state index < -0.39 is 0 Å². The number of fused-ring (bicyclic) bond motifs is 1. The van der Waals surface area contributed by atoms with Crippen LogP contribution >= 0.6 is 11.3 Å². The van der Waals surface area contributed by atoms with Gasteiger partial charge in [0, 0.05) is 12.1 Å². The first kappa shape index (κ1) is 13.2. The third-order valence-corrected chi connectivity index (χ3v) is 4.06. The van der Waals surface area contributed by atoms with Crippen LogP contribution in [0.15, 0.2) is 53.2 Å². The molecule has 1 aromatic heterocycles. The number of ether oxygens (including phenoxy) is 1. The summed E-state index contributed by atoms with van der Waals surface area (Å²) < 4.78 is 6.01. The summed E-state index contributed by atoms with van der Waals surface area (Å²) in [5.41, 5.74) is 2.44. The van der Waals surface area contributed by atoms with Crippen LogP contribution in [0.3, 0.4) is 0 Å². The molecule has 1 N–H and O–H groups in total. The monoisotopic (exact) mass is 283 g/mol. The Bertz CT molecular complexity index is 691. The van der Waals surface area contributed by atoms with Gasteiger partial charge in [-0.15, -0.1) is 0 Å². The molecule has 20 heavy (non-hydrogen) atoms. The third kappa shape index (κ3) is 2.69. The molecule has 0 aliphatic rings. The largest absolute Gasteiger partial charge is 0.489 e. The van der Waals surface area contributed by atoms with Crippen LogP contribution in [0, 0.1) is 0 Å². The molecule has 0 bridgehead atoms. The Hall–Kier alpha value is -1.84. The first-order chi connectivity index (χ1) is 9.88. The zero-order valence-electron chi connectivity index (χ0n) is 11.4. The highest BCUT2D eigenvalue weighted by Gasteiger charge is 2.08. The van der Waals surface area contributed by atoms with E-state index in [0.29, 0.717) is 6.61 Å². The number of hydrogen-bond donors (Lipinski definition) is 1. The van der Waals surface area contributed by atoms with E-state index in [1.54, 1.807) is 11.3 Å². The summed E-state index contributed by atoms with van der Waals surface area (Å²) in [6.45, 7) is 1.43. The Kier molecular flexibility index (Phi) is 4.00. The highest BCUT2D eigenvalue weighted by molar-refractivity contribution is 7.07. The molecular formula is C17H17NOS. The van der Waals surface area contributed by atoms with Gasteiger partial charge in [-0.1, -0.05) is 30.3 Å². The fourth-order valence-electron chi connectivity index (χ4n) is 2.35. The molecule has 0 aliphatic heterocycles.